The summed E-state index contributed by atoms with van der Waals surface area (Å²) in [5, 5.41) is 8.52. The number of hydrogen-bond donors (Lipinski definition) is 0. The first-order chi connectivity index (χ1) is 8.33. The maximum Gasteiger partial charge on any atom is 0.295 e. The third-order valence-electron chi connectivity index (χ3n) is 2.94. The van der Waals surface area contributed by atoms with Gasteiger partial charge in [-0.1, -0.05) is 29.4 Å². The Morgan fingerprint density at radius 2 is 2.18 bits per heavy atom. The van der Waals surface area contributed by atoms with E-state index in [0.717, 1.165) is 16.8 Å². The summed E-state index contributed by atoms with van der Waals surface area (Å²) in [7, 11) is 0. The quantitative estimate of drug-likeness (QED) is 0.847. The average Bonchev–Trinajstić information content (AvgIpc) is 2.75. The highest BCUT2D eigenvalue weighted by Gasteiger charge is 2.22. The number of benzene rings is 1. The molecule has 3 nitrogen and oxygen atoms in total. The Balaban J connectivity index is 1.85. The zero-order valence-corrected chi connectivity index (χ0v) is 11.5. The highest BCUT2D eigenvalue weighted by atomic mass is 79.9. The molecule has 0 spiro atoms. The van der Waals surface area contributed by atoms with Crippen LogP contribution in [0.25, 0.3) is 0 Å². The van der Waals surface area contributed by atoms with Crippen LogP contribution in [-0.4, -0.2) is 10.2 Å². The molecule has 3 rings (SSSR count). The summed E-state index contributed by atoms with van der Waals surface area (Å²) in [6, 6.07) is 8.48. The molecule has 1 heterocycles. The van der Waals surface area contributed by atoms with E-state index in [2.05, 4.69) is 50.4 Å². The highest BCUT2D eigenvalue weighted by Crippen LogP contribution is 2.35. The van der Waals surface area contributed by atoms with Crippen molar-refractivity contribution < 1.29 is 4.74 Å². The number of aromatic nitrogens is 2. The lowest BCUT2D eigenvalue weighted by Crippen LogP contribution is -2.15. The Hall–Kier alpha value is -0.940. The topological polar surface area (TPSA) is 35.0 Å². The summed E-state index contributed by atoms with van der Waals surface area (Å²) in [5.41, 5.74) is 2.69. The number of halogens is 1. The van der Waals surface area contributed by atoms with Crippen molar-refractivity contribution in [2.45, 2.75) is 25.4 Å². The van der Waals surface area contributed by atoms with Gasteiger partial charge in [-0.25, -0.2) is 0 Å². The fourth-order valence-electron chi connectivity index (χ4n) is 2.19. The Kier molecular flexibility index (Phi) is 3.11. The van der Waals surface area contributed by atoms with Crippen molar-refractivity contribution in [3.8, 4) is 5.19 Å². The van der Waals surface area contributed by atoms with Crippen molar-refractivity contribution in [1.29, 1.82) is 0 Å². The molecule has 1 aliphatic carbocycles. The van der Waals surface area contributed by atoms with Gasteiger partial charge in [0.15, 0.2) is 3.92 Å². The lowest BCUT2D eigenvalue weighted by Gasteiger charge is -2.24. The SMILES string of the molecule is Brc1nnc(OC2CCCc3ccccc32)s1. The lowest BCUT2D eigenvalue weighted by molar-refractivity contribution is 0.181. The van der Waals surface area contributed by atoms with Crippen molar-refractivity contribution >= 4 is 27.3 Å². The largest absolute Gasteiger partial charge is 0.461 e. The third-order valence-corrected chi connectivity index (χ3v) is 4.19. The molecule has 88 valence electrons. The lowest BCUT2D eigenvalue weighted by atomic mass is 9.89. The Labute approximate surface area is 112 Å². The van der Waals surface area contributed by atoms with E-state index < -0.39 is 0 Å². The Morgan fingerprint density at radius 3 is 3.00 bits per heavy atom. The molecular weight excluding hydrogens is 300 g/mol. The van der Waals surface area contributed by atoms with Crippen LogP contribution in [0, 0.1) is 0 Å². The number of ether oxygens (including phenoxy) is 1. The minimum Gasteiger partial charge on any atom is -0.461 e. The maximum atomic E-state index is 5.92. The minimum atomic E-state index is 0.125. The molecule has 1 aromatic carbocycles. The van der Waals surface area contributed by atoms with Crippen LogP contribution >= 0.6 is 27.3 Å². The van der Waals surface area contributed by atoms with Crippen LogP contribution in [-0.2, 0) is 6.42 Å². The van der Waals surface area contributed by atoms with Gasteiger partial charge in [0.1, 0.15) is 6.10 Å². The van der Waals surface area contributed by atoms with Crippen LogP contribution in [0.4, 0.5) is 0 Å². The molecule has 0 saturated heterocycles. The van der Waals surface area contributed by atoms with E-state index in [-0.39, 0.29) is 6.10 Å². The average molecular weight is 311 g/mol. The van der Waals surface area contributed by atoms with Gasteiger partial charge in [-0.3, -0.25) is 0 Å². The second-order valence-electron chi connectivity index (χ2n) is 4.02. The summed E-state index contributed by atoms with van der Waals surface area (Å²) in [6.07, 6.45) is 3.49. The van der Waals surface area contributed by atoms with Gasteiger partial charge in [-0.2, -0.15) is 0 Å². The summed E-state index contributed by atoms with van der Waals surface area (Å²) in [6.45, 7) is 0. The predicted molar refractivity (Wildman–Crippen MR) is 70.4 cm³/mol. The first kappa shape index (κ1) is 11.2. The number of hydrogen-bond acceptors (Lipinski definition) is 4. The zero-order valence-electron chi connectivity index (χ0n) is 9.10. The Bertz CT molecular complexity index is 529. The van der Waals surface area contributed by atoms with Crippen molar-refractivity contribution in [2.24, 2.45) is 0 Å². The van der Waals surface area contributed by atoms with Gasteiger partial charge in [0.05, 0.1) is 0 Å². The maximum absolute atomic E-state index is 5.92. The first-order valence-electron chi connectivity index (χ1n) is 5.56. The van der Waals surface area contributed by atoms with Gasteiger partial charge in [0.25, 0.3) is 5.19 Å². The number of nitrogens with zero attached hydrogens (tertiary/aromatic N) is 2. The number of fused-ring (bicyclic) bond motifs is 1. The van der Waals surface area contributed by atoms with E-state index in [9.17, 15) is 0 Å². The molecule has 1 unspecified atom stereocenters. The second-order valence-corrected chi connectivity index (χ2v) is 6.23. The molecule has 1 aliphatic rings. The summed E-state index contributed by atoms with van der Waals surface area (Å²) in [5.74, 6) is 0. The van der Waals surface area contributed by atoms with E-state index in [0.29, 0.717) is 5.19 Å². The van der Waals surface area contributed by atoms with Crippen LogP contribution in [0.1, 0.15) is 30.1 Å². The van der Waals surface area contributed by atoms with Crippen molar-refractivity contribution in [1.82, 2.24) is 10.2 Å². The van der Waals surface area contributed by atoms with Gasteiger partial charge in [0, 0.05) is 0 Å². The predicted octanol–water partition coefficient (Wildman–Crippen LogP) is 3.76. The van der Waals surface area contributed by atoms with Gasteiger partial charge >= 0.3 is 0 Å². The molecule has 1 aromatic heterocycles. The second kappa shape index (κ2) is 4.74. The molecule has 0 fully saturated rings. The Morgan fingerprint density at radius 1 is 1.29 bits per heavy atom. The molecule has 2 aromatic rings. The smallest absolute Gasteiger partial charge is 0.295 e. The standard InChI is InChI=1S/C12H11BrN2OS/c13-11-14-15-12(17-11)16-10-7-3-5-8-4-1-2-6-9(8)10/h1-2,4,6,10H,3,5,7H2. The van der Waals surface area contributed by atoms with Crippen LogP contribution < -0.4 is 4.74 Å². The van der Waals surface area contributed by atoms with E-state index in [1.165, 1.54) is 28.9 Å². The minimum absolute atomic E-state index is 0.125. The van der Waals surface area contributed by atoms with Crippen LogP contribution in [0.5, 0.6) is 5.19 Å². The molecule has 1 atom stereocenters. The first-order valence-corrected chi connectivity index (χ1v) is 7.17. The van der Waals surface area contributed by atoms with E-state index in [1.807, 2.05) is 0 Å². The van der Waals surface area contributed by atoms with Crippen molar-refractivity contribution in [2.75, 3.05) is 0 Å². The molecule has 0 amide bonds. The molecule has 5 heteroatoms. The van der Waals surface area contributed by atoms with Crippen molar-refractivity contribution in [3.63, 3.8) is 0 Å². The molecular formula is C12H11BrN2OS. The monoisotopic (exact) mass is 310 g/mol. The molecule has 0 saturated carbocycles. The molecule has 0 radical (unpaired) electrons. The fourth-order valence-corrected chi connectivity index (χ4v) is 3.16. The van der Waals surface area contributed by atoms with E-state index in [4.69, 9.17) is 4.74 Å². The van der Waals surface area contributed by atoms with Gasteiger partial charge in [-0.15, -0.1) is 5.10 Å². The van der Waals surface area contributed by atoms with Crippen LogP contribution in [0.2, 0.25) is 0 Å². The molecule has 17 heavy (non-hydrogen) atoms. The number of rotatable bonds is 2. The van der Waals surface area contributed by atoms with Gasteiger partial charge in [-0.05, 0) is 57.7 Å². The van der Waals surface area contributed by atoms with Gasteiger partial charge in [0.2, 0.25) is 0 Å². The van der Waals surface area contributed by atoms with Crippen LogP contribution in [0.3, 0.4) is 0 Å². The van der Waals surface area contributed by atoms with Crippen LogP contribution in [0.15, 0.2) is 28.2 Å². The summed E-state index contributed by atoms with van der Waals surface area (Å²) in [4.78, 5) is 0. The summed E-state index contributed by atoms with van der Waals surface area (Å²) >= 11 is 4.72. The number of aryl methyl sites for hydroxylation is 1. The highest BCUT2D eigenvalue weighted by molar-refractivity contribution is 9.11. The van der Waals surface area contributed by atoms with E-state index >= 15 is 0 Å². The molecule has 0 aliphatic heterocycles. The molecule has 0 bridgehead atoms. The zero-order chi connectivity index (χ0) is 11.7. The van der Waals surface area contributed by atoms with Gasteiger partial charge < -0.3 is 4.74 Å². The fraction of sp³-hybridized carbons (Fsp3) is 0.333. The summed E-state index contributed by atoms with van der Waals surface area (Å²) < 4.78 is 6.68. The van der Waals surface area contributed by atoms with E-state index in [1.54, 1.807) is 0 Å². The normalized spacial score (nSPS) is 18.8. The van der Waals surface area contributed by atoms with Crippen molar-refractivity contribution in [3.05, 3.63) is 39.3 Å². The molecule has 0 N–H and O–H groups in total. The third kappa shape index (κ3) is 2.35.